The lowest BCUT2D eigenvalue weighted by Crippen LogP contribution is -2.46. The third-order valence-electron chi connectivity index (χ3n) is 4.45. The lowest BCUT2D eigenvalue weighted by Gasteiger charge is -2.34. The molecule has 1 heterocycles. The van der Waals surface area contributed by atoms with E-state index in [9.17, 15) is 4.79 Å². The number of unbranched alkanes of at least 4 members (excludes halogenated alkanes) is 1. The predicted octanol–water partition coefficient (Wildman–Crippen LogP) is 3.24. The Balaban J connectivity index is 0.00000529. The van der Waals surface area contributed by atoms with Gasteiger partial charge >= 0.3 is 0 Å². The normalized spacial score (nSPS) is 16.0. The van der Waals surface area contributed by atoms with E-state index in [1.54, 1.807) is 7.05 Å². The Morgan fingerprint density at radius 1 is 1.25 bits per heavy atom. The van der Waals surface area contributed by atoms with Crippen LogP contribution in [-0.2, 0) is 4.79 Å². The lowest BCUT2D eigenvalue weighted by atomic mass is 9.93. The van der Waals surface area contributed by atoms with Gasteiger partial charge in [-0.15, -0.1) is 24.0 Å². The van der Waals surface area contributed by atoms with Crippen LogP contribution in [0.5, 0.6) is 0 Å². The van der Waals surface area contributed by atoms with Crippen LogP contribution >= 0.6 is 24.0 Å². The average Bonchev–Trinajstić information content (AvgIpc) is 2.54. The topological polar surface area (TPSA) is 56.7 Å². The molecular weight excluding hydrogens is 415 g/mol. The molecule has 0 aliphatic carbocycles. The van der Waals surface area contributed by atoms with Crippen molar-refractivity contribution in [1.29, 1.82) is 0 Å². The Morgan fingerprint density at radius 2 is 1.92 bits per heavy atom. The standard InChI is InChI=1S/C18H36N4O.HI/c1-5-20-18(21-11-7-6-8-15(2)3)22-12-9-16(10-13-22)14-17(23)19-4;/h15-16H,5-14H2,1-4H3,(H,19,23)(H,20,21);1H. The molecule has 1 fully saturated rings. The van der Waals surface area contributed by atoms with E-state index in [4.69, 9.17) is 4.99 Å². The minimum Gasteiger partial charge on any atom is -0.359 e. The van der Waals surface area contributed by atoms with E-state index in [1.165, 1.54) is 19.3 Å². The average molecular weight is 452 g/mol. The van der Waals surface area contributed by atoms with Crippen molar-refractivity contribution in [3.63, 3.8) is 0 Å². The Morgan fingerprint density at radius 3 is 2.46 bits per heavy atom. The highest BCUT2D eigenvalue weighted by Crippen LogP contribution is 2.20. The number of nitrogens with zero attached hydrogens (tertiary/aromatic N) is 2. The molecule has 0 atom stereocenters. The number of aliphatic imine (C=N–C) groups is 1. The summed E-state index contributed by atoms with van der Waals surface area (Å²) in [6, 6.07) is 0. The summed E-state index contributed by atoms with van der Waals surface area (Å²) >= 11 is 0. The number of guanidine groups is 1. The molecule has 0 aromatic carbocycles. The number of carbonyl (C=O) groups excluding carboxylic acids is 1. The number of piperidine rings is 1. The van der Waals surface area contributed by atoms with Crippen LogP contribution in [0.15, 0.2) is 4.99 Å². The summed E-state index contributed by atoms with van der Waals surface area (Å²) in [6.07, 6.45) is 6.52. The van der Waals surface area contributed by atoms with Gasteiger partial charge in [0.05, 0.1) is 0 Å². The van der Waals surface area contributed by atoms with Crippen LogP contribution < -0.4 is 10.6 Å². The first-order valence-electron chi connectivity index (χ1n) is 9.30. The van der Waals surface area contributed by atoms with Crippen molar-refractivity contribution in [2.75, 3.05) is 33.2 Å². The highest BCUT2D eigenvalue weighted by molar-refractivity contribution is 14.0. The van der Waals surface area contributed by atoms with Gasteiger partial charge in [-0.3, -0.25) is 9.79 Å². The molecule has 142 valence electrons. The second-order valence-corrected chi connectivity index (χ2v) is 6.93. The van der Waals surface area contributed by atoms with E-state index in [2.05, 4.69) is 36.3 Å². The van der Waals surface area contributed by atoms with Crippen LogP contribution in [0.25, 0.3) is 0 Å². The predicted molar refractivity (Wildman–Crippen MR) is 113 cm³/mol. The quantitative estimate of drug-likeness (QED) is 0.257. The molecule has 0 aromatic heterocycles. The van der Waals surface area contributed by atoms with E-state index in [0.29, 0.717) is 12.3 Å². The number of rotatable bonds is 8. The molecule has 1 aliphatic rings. The summed E-state index contributed by atoms with van der Waals surface area (Å²) < 4.78 is 0. The fourth-order valence-electron chi connectivity index (χ4n) is 2.99. The van der Waals surface area contributed by atoms with E-state index < -0.39 is 0 Å². The molecule has 0 aromatic rings. The molecule has 1 amide bonds. The summed E-state index contributed by atoms with van der Waals surface area (Å²) in [6.45, 7) is 10.5. The third kappa shape index (κ3) is 9.69. The Kier molecular flexibility index (Phi) is 13.4. The highest BCUT2D eigenvalue weighted by Gasteiger charge is 2.22. The number of halogens is 1. The van der Waals surface area contributed by atoms with Gasteiger partial charge in [0.15, 0.2) is 5.96 Å². The molecule has 0 unspecified atom stereocenters. The van der Waals surface area contributed by atoms with Crippen molar-refractivity contribution in [3.05, 3.63) is 0 Å². The van der Waals surface area contributed by atoms with E-state index in [-0.39, 0.29) is 29.9 Å². The van der Waals surface area contributed by atoms with Gasteiger partial charge in [0.1, 0.15) is 0 Å². The Labute approximate surface area is 165 Å². The number of nitrogens with one attached hydrogen (secondary N) is 2. The molecule has 6 heteroatoms. The zero-order valence-electron chi connectivity index (χ0n) is 15.9. The number of hydrogen-bond acceptors (Lipinski definition) is 2. The van der Waals surface area contributed by atoms with E-state index in [1.807, 2.05) is 0 Å². The van der Waals surface area contributed by atoms with Crippen LogP contribution in [0.4, 0.5) is 0 Å². The van der Waals surface area contributed by atoms with Crippen LogP contribution in [-0.4, -0.2) is 50.0 Å². The molecule has 0 saturated carbocycles. The first kappa shape index (κ1) is 23.5. The molecule has 0 radical (unpaired) electrons. The van der Waals surface area contributed by atoms with Crippen molar-refractivity contribution in [2.24, 2.45) is 16.8 Å². The van der Waals surface area contributed by atoms with Crippen molar-refractivity contribution in [2.45, 2.75) is 59.3 Å². The smallest absolute Gasteiger partial charge is 0.220 e. The SMILES string of the molecule is CCNC(=NCCCCC(C)C)N1CCC(CC(=O)NC)CC1.I. The van der Waals surface area contributed by atoms with E-state index in [0.717, 1.165) is 50.9 Å². The Bertz CT molecular complexity index is 366. The first-order chi connectivity index (χ1) is 11.1. The van der Waals surface area contributed by atoms with Crippen LogP contribution in [0.3, 0.4) is 0 Å². The fourth-order valence-corrected chi connectivity index (χ4v) is 2.99. The fraction of sp³-hybridized carbons (Fsp3) is 0.889. The zero-order valence-corrected chi connectivity index (χ0v) is 18.3. The molecule has 2 N–H and O–H groups in total. The van der Waals surface area contributed by atoms with Gasteiger partial charge in [-0.2, -0.15) is 0 Å². The monoisotopic (exact) mass is 452 g/mol. The maximum atomic E-state index is 11.5. The van der Waals surface area contributed by atoms with Gasteiger partial charge in [0.25, 0.3) is 0 Å². The van der Waals surface area contributed by atoms with E-state index >= 15 is 0 Å². The number of likely N-dealkylation sites (tertiary alicyclic amines) is 1. The summed E-state index contributed by atoms with van der Waals surface area (Å²) in [7, 11) is 1.71. The minimum absolute atomic E-state index is 0. The van der Waals surface area contributed by atoms with Crippen molar-refractivity contribution >= 4 is 35.8 Å². The van der Waals surface area contributed by atoms with Gasteiger partial charge in [-0.1, -0.05) is 26.7 Å². The van der Waals surface area contributed by atoms with Gasteiger partial charge < -0.3 is 15.5 Å². The molecular formula is C18H37IN4O. The molecule has 0 spiro atoms. The largest absolute Gasteiger partial charge is 0.359 e. The van der Waals surface area contributed by atoms with Gasteiger partial charge in [0, 0.05) is 39.6 Å². The molecule has 1 rings (SSSR count). The van der Waals surface area contributed by atoms with Crippen LogP contribution in [0.1, 0.15) is 59.3 Å². The van der Waals surface area contributed by atoms with Gasteiger partial charge in [0.2, 0.25) is 5.91 Å². The summed E-state index contributed by atoms with van der Waals surface area (Å²) in [5.74, 6) is 2.51. The second-order valence-electron chi connectivity index (χ2n) is 6.93. The third-order valence-corrected chi connectivity index (χ3v) is 4.45. The van der Waals surface area contributed by atoms with Gasteiger partial charge in [-0.05, 0) is 38.0 Å². The van der Waals surface area contributed by atoms with Crippen molar-refractivity contribution in [3.8, 4) is 0 Å². The first-order valence-corrected chi connectivity index (χ1v) is 9.30. The maximum Gasteiger partial charge on any atom is 0.220 e. The number of hydrogen-bond donors (Lipinski definition) is 2. The lowest BCUT2D eigenvalue weighted by molar-refractivity contribution is -0.121. The molecule has 1 saturated heterocycles. The molecule has 0 bridgehead atoms. The van der Waals surface area contributed by atoms with Crippen LogP contribution in [0, 0.1) is 11.8 Å². The van der Waals surface area contributed by atoms with Crippen molar-refractivity contribution < 1.29 is 4.79 Å². The summed E-state index contributed by atoms with van der Waals surface area (Å²) in [4.78, 5) is 18.6. The minimum atomic E-state index is 0. The number of amides is 1. The summed E-state index contributed by atoms with van der Waals surface area (Å²) in [5.41, 5.74) is 0. The molecule has 24 heavy (non-hydrogen) atoms. The zero-order chi connectivity index (χ0) is 17.1. The molecule has 5 nitrogen and oxygen atoms in total. The highest BCUT2D eigenvalue weighted by atomic mass is 127. The second kappa shape index (κ2) is 13.7. The summed E-state index contributed by atoms with van der Waals surface area (Å²) in [5, 5.41) is 6.14. The number of carbonyl (C=O) groups is 1. The van der Waals surface area contributed by atoms with Gasteiger partial charge in [-0.25, -0.2) is 0 Å². The maximum absolute atomic E-state index is 11.5. The van der Waals surface area contributed by atoms with Crippen molar-refractivity contribution in [1.82, 2.24) is 15.5 Å². The molecule has 1 aliphatic heterocycles. The Hall–Kier alpha value is -0.530. The van der Waals surface area contributed by atoms with Crippen LogP contribution in [0.2, 0.25) is 0 Å².